The minimum Gasteiger partial charge on any atom is -0.406 e. The van der Waals surface area contributed by atoms with E-state index in [2.05, 4.69) is 9.72 Å². The average Bonchev–Trinajstić information content (AvgIpc) is 2.72. The van der Waals surface area contributed by atoms with Gasteiger partial charge >= 0.3 is 6.36 Å². The third-order valence-electron chi connectivity index (χ3n) is 4.58. The lowest BCUT2D eigenvalue weighted by Crippen LogP contribution is -2.42. The first kappa shape index (κ1) is 23.5. The predicted octanol–water partition coefficient (Wildman–Crippen LogP) is 5.11. The molecule has 0 spiro atoms. The molecule has 1 aromatic heterocycles. The van der Waals surface area contributed by atoms with E-state index in [0.717, 1.165) is 24.4 Å². The van der Waals surface area contributed by atoms with Crippen molar-refractivity contribution >= 4 is 0 Å². The fraction of sp³-hybridized carbons (Fsp3) is 0.190. The third-order valence-corrected chi connectivity index (χ3v) is 4.58. The fourth-order valence-electron chi connectivity index (χ4n) is 3.00. The fourth-order valence-corrected chi connectivity index (χ4v) is 3.00. The summed E-state index contributed by atoms with van der Waals surface area (Å²) in [5.74, 6) is -3.01. The van der Waals surface area contributed by atoms with Gasteiger partial charge in [-0.3, -0.25) is 4.98 Å². The van der Waals surface area contributed by atoms with E-state index in [1.54, 1.807) is 0 Å². The van der Waals surface area contributed by atoms with Gasteiger partial charge < -0.3 is 14.9 Å². The van der Waals surface area contributed by atoms with Gasteiger partial charge in [0, 0.05) is 23.4 Å². The van der Waals surface area contributed by atoms with Crippen molar-refractivity contribution in [3.05, 3.63) is 83.7 Å². The number of nitrogens with zero attached hydrogens (tertiary/aromatic N) is 1. The van der Waals surface area contributed by atoms with Crippen molar-refractivity contribution in [3.63, 3.8) is 0 Å². The van der Waals surface area contributed by atoms with E-state index in [-0.39, 0.29) is 6.07 Å². The summed E-state index contributed by atoms with van der Waals surface area (Å²) in [7, 11) is 0. The molecule has 0 saturated heterocycles. The first-order valence-electron chi connectivity index (χ1n) is 8.88. The molecule has 3 aromatic rings. The van der Waals surface area contributed by atoms with Crippen LogP contribution in [0.25, 0.3) is 11.1 Å². The summed E-state index contributed by atoms with van der Waals surface area (Å²) in [5, 5.41) is 19.8. The number of hydrogen-bond donors (Lipinski definition) is 2. The van der Waals surface area contributed by atoms with Gasteiger partial charge in [0.25, 0.3) is 0 Å². The lowest BCUT2D eigenvalue weighted by atomic mass is 9.86. The van der Waals surface area contributed by atoms with Crippen LogP contribution in [0.5, 0.6) is 5.75 Å². The maximum atomic E-state index is 15.0. The molecule has 3 unspecified atom stereocenters. The minimum absolute atomic E-state index is 0.290. The van der Waals surface area contributed by atoms with Crippen LogP contribution in [0.4, 0.5) is 30.7 Å². The van der Waals surface area contributed by atoms with Crippen molar-refractivity contribution in [2.75, 3.05) is 0 Å². The number of ether oxygens (including phenoxy) is 1. The normalized spacial score (nSPS) is 15.7. The third kappa shape index (κ3) is 4.83. The minimum atomic E-state index is -4.86. The Kier molecular flexibility index (Phi) is 6.42. The van der Waals surface area contributed by atoms with E-state index in [4.69, 9.17) is 0 Å². The molecule has 4 nitrogen and oxygen atoms in total. The van der Waals surface area contributed by atoms with Crippen molar-refractivity contribution in [1.82, 2.24) is 4.98 Å². The van der Waals surface area contributed by atoms with Crippen molar-refractivity contribution in [2.45, 2.75) is 24.5 Å². The van der Waals surface area contributed by atoms with Crippen LogP contribution in [0.15, 0.2) is 60.8 Å². The summed E-state index contributed by atoms with van der Waals surface area (Å²) in [6.45, 7) is 0. The number of aromatic nitrogens is 1. The lowest BCUT2D eigenvalue weighted by molar-refractivity contribution is -0.274. The lowest BCUT2D eigenvalue weighted by Gasteiger charge is -2.32. The highest BCUT2D eigenvalue weighted by Gasteiger charge is 2.49. The quantitative estimate of drug-likeness (QED) is 0.501. The molecule has 11 heteroatoms. The van der Waals surface area contributed by atoms with E-state index in [0.29, 0.717) is 23.3 Å². The number of halogens is 7. The van der Waals surface area contributed by atoms with Crippen LogP contribution in [0.2, 0.25) is 0 Å². The second kappa shape index (κ2) is 8.75. The van der Waals surface area contributed by atoms with Crippen LogP contribution in [-0.4, -0.2) is 27.9 Å². The molecule has 2 aromatic carbocycles. The molecule has 0 amide bonds. The molecule has 0 saturated carbocycles. The van der Waals surface area contributed by atoms with Crippen LogP contribution >= 0.6 is 0 Å². The highest BCUT2D eigenvalue weighted by Crippen LogP contribution is 2.42. The molecule has 0 radical (unpaired) electrons. The SMILES string of the molecule is OC(F)C(O)(c1ccc(F)cc1F)C(F)c1ccc(-c2ccc(OC(F)(F)F)cc2)cn1. The molecule has 0 aliphatic carbocycles. The van der Waals surface area contributed by atoms with Crippen molar-refractivity contribution in [2.24, 2.45) is 0 Å². The number of aliphatic hydroxyl groups excluding tert-OH is 1. The van der Waals surface area contributed by atoms with Gasteiger partial charge in [0.2, 0.25) is 6.36 Å². The molecule has 32 heavy (non-hydrogen) atoms. The number of benzene rings is 2. The predicted molar refractivity (Wildman–Crippen MR) is 97.6 cm³/mol. The number of pyridine rings is 1. The van der Waals surface area contributed by atoms with Gasteiger partial charge in [-0.2, -0.15) is 0 Å². The summed E-state index contributed by atoms with van der Waals surface area (Å²) >= 11 is 0. The Hall–Kier alpha value is -3.18. The van der Waals surface area contributed by atoms with E-state index in [1.165, 1.54) is 18.2 Å². The largest absolute Gasteiger partial charge is 0.573 e. The molecule has 2 N–H and O–H groups in total. The molecule has 0 aliphatic rings. The summed E-state index contributed by atoms with van der Waals surface area (Å²) in [5.41, 5.74) is -4.35. The van der Waals surface area contributed by atoms with Gasteiger partial charge in [-0.25, -0.2) is 17.6 Å². The zero-order chi connectivity index (χ0) is 23.7. The number of hydrogen-bond acceptors (Lipinski definition) is 4. The molecular formula is C21H14F7NO3. The first-order chi connectivity index (χ1) is 14.9. The number of alkyl halides is 5. The standard InChI is InChI=1S/C21H14F7NO3/c22-13-4-7-15(16(23)9-13)20(31,19(25)30)18(24)17-8-3-12(10-29-17)11-1-5-14(6-2-11)32-21(26,27)28/h1-10,18-19,30-31H. The molecular weight excluding hydrogens is 447 g/mol. The van der Waals surface area contributed by atoms with Gasteiger partial charge in [0.05, 0.1) is 5.69 Å². The smallest absolute Gasteiger partial charge is 0.406 e. The zero-order valence-electron chi connectivity index (χ0n) is 15.8. The van der Waals surface area contributed by atoms with Crippen molar-refractivity contribution in [3.8, 4) is 16.9 Å². The van der Waals surface area contributed by atoms with Crippen LogP contribution in [0.3, 0.4) is 0 Å². The molecule has 170 valence electrons. The van der Waals surface area contributed by atoms with Crippen molar-refractivity contribution < 1.29 is 45.7 Å². The average molecular weight is 461 g/mol. The first-order valence-corrected chi connectivity index (χ1v) is 8.88. The summed E-state index contributed by atoms with van der Waals surface area (Å²) in [6, 6.07) is 8.46. The zero-order valence-corrected chi connectivity index (χ0v) is 15.8. The van der Waals surface area contributed by atoms with E-state index < -0.39 is 53.1 Å². The Balaban J connectivity index is 1.88. The second-order valence-corrected chi connectivity index (χ2v) is 6.69. The monoisotopic (exact) mass is 461 g/mol. The summed E-state index contributed by atoms with van der Waals surface area (Å²) in [6.07, 6.45) is -9.84. The summed E-state index contributed by atoms with van der Waals surface area (Å²) in [4.78, 5) is 3.74. The highest BCUT2D eigenvalue weighted by molar-refractivity contribution is 5.63. The van der Waals surface area contributed by atoms with Crippen LogP contribution in [-0.2, 0) is 5.60 Å². The Morgan fingerprint density at radius 3 is 2.00 bits per heavy atom. The van der Waals surface area contributed by atoms with Gasteiger partial charge in [0.1, 0.15) is 17.4 Å². The van der Waals surface area contributed by atoms with E-state index in [1.807, 2.05) is 0 Å². The molecule has 0 fully saturated rings. The van der Waals surface area contributed by atoms with E-state index >= 15 is 4.39 Å². The van der Waals surface area contributed by atoms with Crippen LogP contribution in [0.1, 0.15) is 17.4 Å². The molecule has 0 bridgehead atoms. The van der Waals surface area contributed by atoms with Crippen LogP contribution < -0.4 is 4.74 Å². The molecule has 0 aliphatic heterocycles. The Morgan fingerprint density at radius 2 is 1.50 bits per heavy atom. The Labute approximate surface area is 176 Å². The maximum absolute atomic E-state index is 15.0. The van der Waals surface area contributed by atoms with Gasteiger partial charge in [-0.1, -0.05) is 18.2 Å². The molecule has 3 atom stereocenters. The van der Waals surface area contributed by atoms with Crippen LogP contribution in [0, 0.1) is 11.6 Å². The Morgan fingerprint density at radius 1 is 0.875 bits per heavy atom. The molecule has 1 heterocycles. The maximum Gasteiger partial charge on any atom is 0.573 e. The number of aliphatic hydroxyl groups is 2. The molecule has 3 rings (SSSR count). The van der Waals surface area contributed by atoms with E-state index in [9.17, 15) is 36.6 Å². The number of rotatable bonds is 6. The van der Waals surface area contributed by atoms with Crippen molar-refractivity contribution in [1.29, 1.82) is 0 Å². The van der Waals surface area contributed by atoms with Gasteiger partial charge in [-0.05, 0) is 35.9 Å². The van der Waals surface area contributed by atoms with Gasteiger partial charge in [0.15, 0.2) is 11.8 Å². The summed E-state index contributed by atoms with van der Waals surface area (Å²) < 4.78 is 96.5. The second-order valence-electron chi connectivity index (χ2n) is 6.69. The Bertz CT molecular complexity index is 1070. The van der Waals surface area contributed by atoms with Gasteiger partial charge in [-0.15, -0.1) is 13.2 Å². The highest BCUT2D eigenvalue weighted by atomic mass is 19.4. The topological polar surface area (TPSA) is 62.6 Å².